The molecule has 2 aromatic rings. The normalized spacial score (nSPS) is 10.3. The van der Waals surface area contributed by atoms with Crippen LogP contribution in [0.4, 0.5) is 5.69 Å². The molecule has 0 aliphatic rings. The second-order valence-electron chi connectivity index (χ2n) is 7.17. The lowest BCUT2D eigenvalue weighted by molar-refractivity contribution is -0.384. The standard InChI is InChI=1S/C21H23BrN4O6S/c1-12(2)16-9-17(22)13(3)8-18(16)32-10-19(27)23-21(33)25-24-20(28)11-31-15-6-4-14(5-7-15)26(29)30/h4-9,12H,10-11H2,1-3H3,(H,24,28)(H2,23,25,27,33). The number of ether oxygens (including phenoxy) is 2. The number of nitro groups is 1. The van der Waals surface area contributed by atoms with Crippen LogP contribution < -0.4 is 25.6 Å². The summed E-state index contributed by atoms with van der Waals surface area (Å²) >= 11 is 8.47. The summed E-state index contributed by atoms with van der Waals surface area (Å²) < 4.78 is 11.8. The summed E-state index contributed by atoms with van der Waals surface area (Å²) in [6.45, 7) is 5.34. The summed E-state index contributed by atoms with van der Waals surface area (Å²) in [6, 6.07) is 9.10. The second-order valence-corrected chi connectivity index (χ2v) is 8.44. The number of carbonyl (C=O) groups excluding carboxylic acids is 2. The average molecular weight is 539 g/mol. The van der Waals surface area contributed by atoms with Gasteiger partial charge in [-0.2, -0.15) is 0 Å². The number of non-ortho nitro benzene ring substituents is 1. The van der Waals surface area contributed by atoms with Crippen LogP contribution in [0.5, 0.6) is 11.5 Å². The highest BCUT2D eigenvalue weighted by atomic mass is 79.9. The van der Waals surface area contributed by atoms with Crippen molar-refractivity contribution < 1.29 is 24.0 Å². The number of hydrazine groups is 1. The summed E-state index contributed by atoms with van der Waals surface area (Å²) in [7, 11) is 0. The van der Waals surface area contributed by atoms with Gasteiger partial charge in [0.15, 0.2) is 18.3 Å². The van der Waals surface area contributed by atoms with Gasteiger partial charge < -0.3 is 9.47 Å². The largest absolute Gasteiger partial charge is 0.484 e. The van der Waals surface area contributed by atoms with Gasteiger partial charge in [-0.3, -0.25) is 35.9 Å². The van der Waals surface area contributed by atoms with Gasteiger partial charge in [0.05, 0.1) is 4.92 Å². The van der Waals surface area contributed by atoms with Crippen LogP contribution in [0, 0.1) is 17.0 Å². The number of nitrogens with zero attached hydrogens (tertiary/aromatic N) is 1. The number of carbonyl (C=O) groups is 2. The number of hydrogen-bond donors (Lipinski definition) is 3. The van der Waals surface area contributed by atoms with E-state index in [1.807, 2.05) is 32.9 Å². The molecule has 0 aliphatic heterocycles. The molecule has 2 aromatic carbocycles. The molecule has 0 heterocycles. The lowest BCUT2D eigenvalue weighted by Gasteiger charge is -2.16. The van der Waals surface area contributed by atoms with E-state index in [1.165, 1.54) is 24.3 Å². The first kappa shape index (κ1) is 26.0. The molecular weight excluding hydrogens is 516 g/mol. The van der Waals surface area contributed by atoms with Crippen molar-refractivity contribution in [3.8, 4) is 11.5 Å². The molecule has 3 N–H and O–H groups in total. The molecule has 176 valence electrons. The van der Waals surface area contributed by atoms with Crippen LogP contribution in [0.3, 0.4) is 0 Å². The van der Waals surface area contributed by atoms with Crippen LogP contribution in [0.1, 0.15) is 30.9 Å². The maximum absolute atomic E-state index is 12.1. The number of amides is 2. The summed E-state index contributed by atoms with van der Waals surface area (Å²) in [5, 5.41) is 12.9. The zero-order valence-electron chi connectivity index (χ0n) is 18.1. The van der Waals surface area contributed by atoms with Gasteiger partial charge >= 0.3 is 0 Å². The van der Waals surface area contributed by atoms with E-state index >= 15 is 0 Å². The maximum atomic E-state index is 12.1. The molecular formula is C21H23BrN4O6S. The molecule has 0 bridgehead atoms. The first-order chi connectivity index (χ1) is 15.6. The molecule has 0 fully saturated rings. The minimum Gasteiger partial charge on any atom is -0.484 e. The van der Waals surface area contributed by atoms with Gasteiger partial charge in [-0.15, -0.1) is 0 Å². The van der Waals surface area contributed by atoms with Crippen molar-refractivity contribution in [3.05, 3.63) is 62.1 Å². The Balaban J connectivity index is 1.74. The van der Waals surface area contributed by atoms with E-state index in [0.29, 0.717) is 5.75 Å². The van der Waals surface area contributed by atoms with E-state index < -0.39 is 16.7 Å². The first-order valence-corrected chi connectivity index (χ1v) is 11.0. The van der Waals surface area contributed by atoms with Gasteiger partial charge in [0.2, 0.25) is 0 Å². The van der Waals surface area contributed by atoms with E-state index in [2.05, 4.69) is 32.1 Å². The fourth-order valence-corrected chi connectivity index (χ4v) is 3.09. The third-order valence-electron chi connectivity index (χ3n) is 4.26. The number of thiocarbonyl (C=S) groups is 1. The predicted octanol–water partition coefficient (Wildman–Crippen LogP) is 3.27. The Morgan fingerprint density at radius 3 is 2.33 bits per heavy atom. The number of halogens is 1. The number of aryl methyl sites for hydroxylation is 1. The smallest absolute Gasteiger partial charge is 0.276 e. The SMILES string of the molecule is Cc1cc(OCC(=O)NC(=S)NNC(=O)COc2ccc([N+](=O)[O-])cc2)c(C(C)C)cc1Br. The Labute approximate surface area is 204 Å². The molecule has 33 heavy (non-hydrogen) atoms. The molecule has 2 amide bonds. The molecule has 12 heteroatoms. The average Bonchev–Trinajstić information content (AvgIpc) is 2.76. The number of nitro benzene ring substituents is 1. The zero-order chi connectivity index (χ0) is 24.5. The maximum Gasteiger partial charge on any atom is 0.276 e. The van der Waals surface area contributed by atoms with E-state index in [-0.39, 0.29) is 35.7 Å². The summed E-state index contributed by atoms with van der Waals surface area (Å²) in [5.41, 5.74) is 6.51. The van der Waals surface area contributed by atoms with Gasteiger partial charge in [0.1, 0.15) is 11.5 Å². The molecule has 0 spiro atoms. The quantitative estimate of drug-likeness (QED) is 0.265. The third-order valence-corrected chi connectivity index (χ3v) is 5.32. The van der Waals surface area contributed by atoms with E-state index in [4.69, 9.17) is 21.7 Å². The van der Waals surface area contributed by atoms with Crippen LogP contribution in [0.25, 0.3) is 0 Å². The summed E-state index contributed by atoms with van der Waals surface area (Å²) in [5.74, 6) is 0.0163. The Hall–Kier alpha value is -3.25. The van der Waals surface area contributed by atoms with E-state index in [1.54, 1.807) is 0 Å². The van der Waals surface area contributed by atoms with Crippen molar-refractivity contribution in [2.24, 2.45) is 0 Å². The van der Waals surface area contributed by atoms with Crippen LogP contribution in [-0.2, 0) is 9.59 Å². The number of nitrogens with one attached hydrogen (secondary N) is 3. The van der Waals surface area contributed by atoms with Gasteiger partial charge in [-0.1, -0.05) is 29.8 Å². The number of hydrogen-bond acceptors (Lipinski definition) is 7. The van der Waals surface area contributed by atoms with Crippen molar-refractivity contribution in [2.75, 3.05) is 13.2 Å². The fourth-order valence-electron chi connectivity index (χ4n) is 2.56. The van der Waals surface area contributed by atoms with Crippen LogP contribution in [-0.4, -0.2) is 35.1 Å². The van der Waals surface area contributed by atoms with Crippen LogP contribution >= 0.6 is 28.1 Å². The highest BCUT2D eigenvalue weighted by Gasteiger charge is 2.13. The van der Waals surface area contributed by atoms with Gasteiger partial charge in [-0.25, -0.2) is 0 Å². The minimum absolute atomic E-state index is 0.0887. The lowest BCUT2D eigenvalue weighted by atomic mass is 10.0. The predicted molar refractivity (Wildman–Crippen MR) is 129 cm³/mol. The summed E-state index contributed by atoms with van der Waals surface area (Å²) in [4.78, 5) is 34.1. The van der Waals surface area contributed by atoms with Crippen molar-refractivity contribution in [1.82, 2.24) is 16.2 Å². The van der Waals surface area contributed by atoms with Crippen molar-refractivity contribution in [3.63, 3.8) is 0 Å². The lowest BCUT2D eigenvalue weighted by Crippen LogP contribution is -2.50. The van der Waals surface area contributed by atoms with Crippen LogP contribution in [0.15, 0.2) is 40.9 Å². The number of benzene rings is 2. The molecule has 0 aromatic heterocycles. The molecule has 10 nitrogen and oxygen atoms in total. The van der Waals surface area contributed by atoms with Gasteiger partial charge in [0, 0.05) is 16.6 Å². The van der Waals surface area contributed by atoms with E-state index in [9.17, 15) is 19.7 Å². The molecule has 0 aliphatic carbocycles. The molecule has 0 radical (unpaired) electrons. The topological polar surface area (TPSA) is 132 Å². The minimum atomic E-state index is -0.576. The van der Waals surface area contributed by atoms with Gasteiger partial charge in [0.25, 0.3) is 17.5 Å². The van der Waals surface area contributed by atoms with Crippen molar-refractivity contribution in [1.29, 1.82) is 0 Å². The van der Waals surface area contributed by atoms with E-state index in [0.717, 1.165) is 15.6 Å². The molecule has 0 saturated carbocycles. The highest BCUT2D eigenvalue weighted by molar-refractivity contribution is 9.10. The number of rotatable bonds is 8. The first-order valence-electron chi connectivity index (χ1n) is 9.75. The second kappa shape index (κ2) is 12.1. The molecule has 0 saturated heterocycles. The van der Waals surface area contributed by atoms with Crippen molar-refractivity contribution in [2.45, 2.75) is 26.7 Å². The van der Waals surface area contributed by atoms with Crippen molar-refractivity contribution >= 4 is 50.8 Å². The fraction of sp³-hybridized carbons (Fsp3) is 0.286. The Bertz CT molecular complexity index is 1050. The third kappa shape index (κ3) is 8.31. The Kier molecular flexibility index (Phi) is 9.55. The molecule has 0 atom stereocenters. The Morgan fingerprint density at radius 2 is 1.73 bits per heavy atom. The van der Waals surface area contributed by atoms with Gasteiger partial charge in [-0.05, 0) is 60.5 Å². The monoisotopic (exact) mass is 538 g/mol. The zero-order valence-corrected chi connectivity index (χ0v) is 20.5. The highest BCUT2D eigenvalue weighted by Crippen LogP contribution is 2.32. The summed E-state index contributed by atoms with van der Waals surface area (Å²) in [6.07, 6.45) is 0. The molecule has 0 unspecified atom stereocenters. The Morgan fingerprint density at radius 1 is 1.09 bits per heavy atom. The molecule has 2 rings (SSSR count). The van der Waals surface area contributed by atoms with Crippen LogP contribution in [0.2, 0.25) is 0 Å².